The van der Waals surface area contributed by atoms with Crippen molar-refractivity contribution in [3.8, 4) is 11.5 Å². The maximum Gasteiger partial charge on any atom is 0.228 e. The molecule has 1 aromatic carbocycles. The molecule has 2 heterocycles. The molecule has 0 spiro atoms. The first-order valence-electron chi connectivity index (χ1n) is 6.58. The van der Waals surface area contributed by atoms with Gasteiger partial charge in [0.05, 0.1) is 24.5 Å². The summed E-state index contributed by atoms with van der Waals surface area (Å²) in [4.78, 5) is 11.4. The minimum Gasteiger partial charge on any atom is -0.452 e. The number of nitrogen functional groups attached to an aromatic ring is 1. The summed E-state index contributed by atoms with van der Waals surface area (Å²) in [5.74, 6) is 1.14. The molecule has 0 atom stereocenters. The lowest BCUT2D eigenvalue weighted by Crippen LogP contribution is -2.03. The van der Waals surface area contributed by atoms with E-state index in [1.165, 1.54) is 0 Å². The number of hydrogen-bond acceptors (Lipinski definition) is 4. The Morgan fingerprint density at radius 2 is 2.35 bits per heavy atom. The van der Waals surface area contributed by atoms with Crippen LogP contribution in [0.1, 0.15) is 18.9 Å². The van der Waals surface area contributed by atoms with Crippen molar-refractivity contribution in [2.45, 2.75) is 26.3 Å². The van der Waals surface area contributed by atoms with Crippen LogP contribution in [0.3, 0.4) is 0 Å². The van der Waals surface area contributed by atoms with Crippen LogP contribution in [0.2, 0.25) is 0 Å². The number of amides is 1. The van der Waals surface area contributed by atoms with Crippen molar-refractivity contribution in [3.63, 3.8) is 0 Å². The van der Waals surface area contributed by atoms with Crippen LogP contribution < -0.4 is 15.8 Å². The molecule has 20 heavy (non-hydrogen) atoms. The van der Waals surface area contributed by atoms with Gasteiger partial charge in [-0.2, -0.15) is 5.10 Å². The Hall–Kier alpha value is -2.50. The summed E-state index contributed by atoms with van der Waals surface area (Å²) < 4.78 is 7.56. The summed E-state index contributed by atoms with van der Waals surface area (Å²) in [7, 11) is 0. The lowest BCUT2D eigenvalue weighted by molar-refractivity contribution is -0.115. The standard InChI is InChI=1S/C14H16N4O2/c1-2-3-18-8-10(7-16-18)20-13-6-12-9(4-11(13)15)5-14(19)17-12/h4,6-8H,2-3,5,15H2,1H3,(H,17,19). The van der Waals surface area contributed by atoms with Crippen molar-refractivity contribution in [2.24, 2.45) is 0 Å². The quantitative estimate of drug-likeness (QED) is 0.836. The Balaban J connectivity index is 1.83. The first-order valence-corrected chi connectivity index (χ1v) is 6.58. The van der Waals surface area contributed by atoms with Crippen LogP contribution in [0.4, 0.5) is 11.4 Å². The van der Waals surface area contributed by atoms with Crippen LogP contribution in [0.15, 0.2) is 24.5 Å². The van der Waals surface area contributed by atoms with E-state index < -0.39 is 0 Å². The molecular formula is C14H16N4O2. The minimum atomic E-state index is -0.0210. The Kier molecular flexibility index (Phi) is 3.06. The van der Waals surface area contributed by atoms with Gasteiger partial charge in [0, 0.05) is 18.3 Å². The van der Waals surface area contributed by atoms with Gasteiger partial charge >= 0.3 is 0 Å². The van der Waals surface area contributed by atoms with Crippen LogP contribution in [0, 0.1) is 0 Å². The molecule has 6 nitrogen and oxygen atoms in total. The topological polar surface area (TPSA) is 82.2 Å². The van der Waals surface area contributed by atoms with Gasteiger partial charge in [-0.15, -0.1) is 0 Å². The predicted molar refractivity (Wildman–Crippen MR) is 75.8 cm³/mol. The molecular weight excluding hydrogens is 256 g/mol. The van der Waals surface area contributed by atoms with E-state index in [9.17, 15) is 4.79 Å². The normalized spacial score (nSPS) is 13.2. The van der Waals surface area contributed by atoms with E-state index >= 15 is 0 Å². The van der Waals surface area contributed by atoms with Crippen LogP contribution >= 0.6 is 0 Å². The number of nitrogens with one attached hydrogen (secondary N) is 1. The second kappa shape index (κ2) is 4.88. The van der Waals surface area contributed by atoms with E-state index in [1.54, 1.807) is 18.3 Å². The number of anilines is 2. The number of benzene rings is 1. The first kappa shape index (κ1) is 12.5. The third-order valence-corrected chi connectivity index (χ3v) is 3.15. The molecule has 0 aliphatic carbocycles. The molecule has 1 aliphatic rings. The molecule has 0 unspecified atom stereocenters. The lowest BCUT2D eigenvalue weighted by Gasteiger charge is -2.08. The maximum atomic E-state index is 11.4. The predicted octanol–water partition coefficient (Wildman–Crippen LogP) is 2.16. The van der Waals surface area contributed by atoms with Gasteiger partial charge in [0.25, 0.3) is 0 Å². The van der Waals surface area contributed by atoms with Gasteiger partial charge in [0.15, 0.2) is 11.5 Å². The fourth-order valence-corrected chi connectivity index (χ4v) is 2.24. The highest BCUT2D eigenvalue weighted by Crippen LogP contribution is 2.35. The summed E-state index contributed by atoms with van der Waals surface area (Å²) >= 11 is 0. The molecule has 1 aliphatic heterocycles. The van der Waals surface area contributed by atoms with Crippen molar-refractivity contribution in [1.29, 1.82) is 0 Å². The summed E-state index contributed by atoms with van der Waals surface area (Å²) in [5.41, 5.74) is 8.15. The van der Waals surface area contributed by atoms with Crippen LogP contribution in [-0.4, -0.2) is 15.7 Å². The number of nitrogens with two attached hydrogens (primary N) is 1. The third-order valence-electron chi connectivity index (χ3n) is 3.15. The fourth-order valence-electron chi connectivity index (χ4n) is 2.24. The summed E-state index contributed by atoms with van der Waals surface area (Å²) in [6, 6.07) is 3.53. The Bertz CT molecular complexity index is 663. The fraction of sp³-hybridized carbons (Fsp3) is 0.286. The molecule has 104 valence electrons. The molecule has 0 saturated heterocycles. The average Bonchev–Trinajstić information content (AvgIpc) is 2.96. The van der Waals surface area contributed by atoms with Gasteiger partial charge in [0.1, 0.15) is 0 Å². The number of aromatic nitrogens is 2. The number of nitrogens with zero attached hydrogens (tertiary/aromatic N) is 2. The second-order valence-corrected chi connectivity index (χ2v) is 4.81. The van der Waals surface area contributed by atoms with E-state index in [-0.39, 0.29) is 5.91 Å². The Labute approximate surface area is 116 Å². The van der Waals surface area contributed by atoms with Crippen LogP contribution in [0.25, 0.3) is 0 Å². The SMILES string of the molecule is CCCn1cc(Oc2cc3c(cc2N)CC(=O)N3)cn1. The number of carbonyl (C=O) groups is 1. The van der Waals surface area contributed by atoms with Crippen molar-refractivity contribution < 1.29 is 9.53 Å². The van der Waals surface area contributed by atoms with Crippen molar-refractivity contribution >= 4 is 17.3 Å². The zero-order valence-electron chi connectivity index (χ0n) is 11.2. The minimum absolute atomic E-state index is 0.0210. The van der Waals surface area contributed by atoms with E-state index in [1.807, 2.05) is 10.9 Å². The van der Waals surface area contributed by atoms with Crippen molar-refractivity contribution in [2.75, 3.05) is 11.1 Å². The van der Waals surface area contributed by atoms with Gasteiger partial charge < -0.3 is 15.8 Å². The number of aryl methyl sites for hydroxylation is 1. The highest BCUT2D eigenvalue weighted by Gasteiger charge is 2.20. The molecule has 3 N–H and O–H groups in total. The van der Waals surface area contributed by atoms with Gasteiger partial charge in [0.2, 0.25) is 5.91 Å². The number of hydrogen-bond donors (Lipinski definition) is 2. The molecule has 1 amide bonds. The first-order chi connectivity index (χ1) is 9.65. The largest absolute Gasteiger partial charge is 0.452 e. The lowest BCUT2D eigenvalue weighted by atomic mass is 10.1. The second-order valence-electron chi connectivity index (χ2n) is 4.81. The molecule has 2 aromatic rings. The average molecular weight is 272 g/mol. The maximum absolute atomic E-state index is 11.4. The molecule has 0 saturated carbocycles. The zero-order valence-corrected chi connectivity index (χ0v) is 11.2. The summed E-state index contributed by atoms with van der Waals surface area (Å²) in [6.07, 6.45) is 4.86. The number of carbonyl (C=O) groups excluding carboxylic acids is 1. The van der Waals surface area contributed by atoms with Crippen LogP contribution in [-0.2, 0) is 17.8 Å². The van der Waals surface area contributed by atoms with Gasteiger partial charge in [-0.25, -0.2) is 0 Å². The van der Waals surface area contributed by atoms with E-state index in [0.29, 0.717) is 23.6 Å². The smallest absolute Gasteiger partial charge is 0.228 e. The Morgan fingerprint density at radius 1 is 1.50 bits per heavy atom. The number of fused-ring (bicyclic) bond motifs is 1. The van der Waals surface area contributed by atoms with Crippen molar-refractivity contribution in [1.82, 2.24) is 9.78 Å². The third kappa shape index (κ3) is 2.32. The van der Waals surface area contributed by atoms with Crippen LogP contribution in [0.5, 0.6) is 11.5 Å². The summed E-state index contributed by atoms with van der Waals surface area (Å²) in [5, 5.41) is 6.98. The zero-order chi connectivity index (χ0) is 14.1. The van der Waals surface area contributed by atoms with Gasteiger partial charge in [-0.05, 0) is 18.1 Å². The molecule has 1 aromatic heterocycles. The van der Waals surface area contributed by atoms with E-state index in [0.717, 1.165) is 24.2 Å². The van der Waals surface area contributed by atoms with E-state index in [4.69, 9.17) is 10.5 Å². The van der Waals surface area contributed by atoms with E-state index in [2.05, 4.69) is 17.3 Å². The van der Waals surface area contributed by atoms with Gasteiger partial charge in [-0.1, -0.05) is 6.92 Å². The number of ether oxygens (including phenoxy) is 1. The van der Waals surface area contributed by atoms with Gasteiger partial charge in [-0.3, -0.25) is 9.48 Å². The summed E-state index contributed by atoms with van der Waals surface area (Å²) in [6.45, 7) is 2.93. The monoisotopic (exact) mass is 272 g/mol. The molecule has 0 fully saturated rings. The number of rotatable bonds is 4. The van der Waals surface area contributed by atoms with Crippen molar-refractivity contribution in [3.05, 3.63) is 30.1 Å². The molecule has 0 radical (unpaired) electrons. The molecule has 0 bridgehead atoms. The Morgan fingerprint density at radius 3 is 3.15 bits per heavy atom. The highest BCUT2D eigenvalue weighted by molar-refractivity contribution is 6.00. The molecule has 3 rings (SSSR count). The molecule has 6 heteroatoms. The highest BCUT2D eigenvalue weighted by atomic mass is 16.5.